The van der Waals surface area contributed by atoms with E-state index in [2.05, 4.69) is 0 Å². The molecule has 0 radical (unpaired) electrons. The maximum Gasteiger partial charge on any atom is 0.165 e. The van der Waals surface area contributed by atoms with Crippen molar-refractivity contribution in [1.82, 2.24) is 0 Å². The van der Waals surface area contributed by atoms with Crippen molar-refractivity contribution < 1.29 is 13.9 Å². The fourth-order valence-corrected chi connectivity index (χ4v) is 1.56. The fraction of sp³-hybridized carbons (Fsp3) is 0.200. The molecule has 0 aliphatic heterocycles. The molecule has 0 saturated heterocycles. The van der Waals surface area contributed by atoms with Gasteiger partial charge in [0.25, 0.3) is 0 Å². The largest absolute Gasteiger partial charge is 0.493 e. The van der Waals surface area contributed by atoms with E-state index in [0.717, 1.165) is 5.75 Å². The van der Waals surface area contributed by atoms with Gasteiger partial charge in [-0.1, -0.05) is 12.1 Å². The lowest BCUT2D eigenvalue weighted by atomic mass is 10.3. The molecule has 2 aromatic carbocycles. The van der Waals surface area contributed by atoms with Gasteiger partial charge in [-0.3, -0.25) is 0 Å². The summed E-state index contributed by atoms with van der Waals surface area (Å²) in [4.78, 5) is 0. The van der Waals surface area contributed by atoms with E-state index in [4.69, 9.17) is 15.2 Å². The second kappa shape index (κ2) is 6.64. The van der Waals surface area contributed by atoms with Gasteiger partial charge in [0.15, 0.2) is 11.6 Å². The van der Waals surface area contributed by atoms with Crippen LogP contribution in [0.25, 0.3) is 0 Å². The van der Waals surface area contributed by atoms with Crippen molar-refractivity contribution in [3.8, 4) is 11.5 Å². The van der Waals surface area contributed by atoms with Gasteiger partial charge >= 0.3 is 0 Å². The lowest BCUT2D eigenvalue weighted by Gasteiger charge is -2.08. The molecule has 0 unspecified atom stereocenters. The quantitative estimate of drug-likeness (QED) is 0.641. The average molecular weight is 261 g/mol. The minimum absolute atomic E-state index is 0.273. The number of halogens is 1. The van der Waals surface area contributed by atoms with Gasteiger partial charge in [0.1, 0.15) is 5.75 Å². The smallest absolute Gasteiger partial charge is 0.165 e. The summed E-state index contributed by atoms with van der Waals surface area (Å²) in [5.74, 6) is 0.692. The minimum atomic E-state index is -0.345. The highest BCUT2D eigenvalue weighted by Crippen LogP contribution is 2.16. The van der Waals surface area contributed by atoms with Gasteiger partial charge in [-0.05, 0) is 36.4 Å². The second-order valence-corrected chi connectivity index (χ2v) is 4.05. The van der Waals surface area contributed by atoms with Crippen molar-refractivity contribution >= 4 is 5.69 Å². The number of rotatable bonds is 6. The van der Waals surface area contributed by atoms with Crippen LogP contribution in [-0.4, -0.2) is 13.2 Å². The van der Waals surface area contributed by atoms with Crippen molar-refractivity contribution in [1.29, 1.82) is 0 Å². The summed E-state index contributed by atoms with van der Waals surface area (Å²) in [5, 5.41) is 0. The van der Waals surface area contributed by atoms with E-state index in [-0.39, 0.29) is 11.6 Å². The maximum absolute atomic E-state index is 13.2. The van der Waals surface area contributed by atoms with Crippen LogP contribution in [0.4, 0.5) is 10.1 Å². The molecule has 0 amide bonds. The maximum atomic E-state index is 13.2. The van der Waals surface area contributed by atoms with E-state index in [1.165, 1.54) is 6.07 Å². The van der Waals surface area contributed by atoms with Gasteiger partial charge in [0.05, 0.1) is 13.2 Å². The van der Waals surface area contributed by atoms with Crippen molar-refractivity contribution in [2.45, 2.75) is 6.42 Å². The zero-order valence-corrected chi connectivity index (χ0v) is 10.5. The normalized spacial score (nSPS) is 10.2. The number of hydrogen-bond donors (Lipinski definition) is 1. The molecule has 2 aromatic rings. The fourth-order valence-electron chi connectivity index (χ4n) is 1.56. The van der Waals surface area contributed by atoms with Crippen molar-refractivity contribution in [2.75, 3.05) is 18.9 Å². The SMILES string of the molecule is Nc1ccc(OCCCOc2ccccc2F)cc1. The summed E-state index contributed by atoms with van der Waals surface area (Å²) in [5.41, 5.74) is 6.27. The average Bonchev–Trinajstić information content (AvgIpc) is 2.42. The zero-order valence-electron chi connectivity index (χ0n) is 10.5. The van der Waals surface area contributed by atoms with Gasteiger partial charge in [0.2, 0.25) is 0 Å². The topological polar surface area (TPSA) is 44.5 Å². The molecule has 0 saturated carbocycles. The molecule has 3 nitrogen and oxygen atoms in total. The summed E-state index contributed by atoms with van der Waals surface area (Å²) in [6.45, 7) is 0.925. The molecule has 0 spiro atoms. The third-order valence-electron chi connectivity index (χ3n) is 2.53. The van der Waals surface area contributed by atoms with Gasteiger partial charge in [-0.15, -0.1) is 0 Å². The van der Waals surface area contributed by atoms with Gasteiger partial charge in [-0.2, -0.15) is 0 Å². The van der Waals surface area contributed by atoms with Crippen LogP contribution in [0.2, 0.25) is 0 Å². The van der Waals surface area contributed by atoms with Crippen LogP contribution < -0.4 is 15.2 Å². The number of hydrogen-bond acceptors (Lipinski definition) is 3. The number of nitrogen functional groups attached to an aromatic ring is 1. The first kappa shape index (κ1) is 13.2. The lowest BCUT2D eigenvalue weighted by Crippen LogP contribution is -2.05. The first-order valence-electron chi connectivity index (χ1n) is 6.11. The molecule has 4 heteroatoms. The Bertz CT molecular complexity index is 514. The van der Waals surface area contributed by atoms with Crippen molar-refractivity contribution in [2.24, 2.45) is 0 Å². The highest BCUT2D eigenvalue weighted by Gasteiger charge is 2.00. The second-order valence-electron chi connectivity index (χ2n) is 4.05. The molecule has 0 heterocycles. The molecule has 0 aromatic heterocycles. The summed E-state index contributed by atoms with van der Waals surface area (Å²) >= 11 is 0. The monoisotopic (exact) mass is 261 g/mol. The molecular weight excluding hydrogens is 245 g/mol. The van der Waals surface area contributed by atoms with Crippen LogP contribution >= 0.6 is 0 Å². The Labute approximate surface area is 111 Å². The standard InChI is InChI=1S/C15H16FNO2/c16-14-4-1-2-5-15(14)19-11-3-10-18-13-8-6-12(17)7-9-13/h1-2,4-9H,3,10-11,17H2. The highest BCUT2D eigenvalue weighted by atomic mass is 19.1. The number of anilines is 1. The zero-order chi connectivity index (χ0) is 13.5. The molecule has 0 aliphatic carbocycles. The van der Waals surface area contributed by atoms with Crippen LogP contribution in [0.3, 0.4) is 0 Å². The van der Waals surface area contributed by atoms with Crippen LogP contribution in [0.15, 0.2) is 48.5 Å². The van der Waals surface area contributed by atoms with E-state index in [9.17, 15) is 4.39 Å². The molecule has 2 N–H and O–H groups in total. The summed E-state index contributed by atoms with van der Waals surface area (Å²) < 4.78 is 24.1. The molecule has 19 heavy (non-hydrogen) atoms. The van der Waals surface area contributed by atoms with Gasteiger partial charge < -0.3 is 15.2 Å². The van der Waals surface area contributed by atoms with E-state index < -0.39 is 0 Å². The van der Waals surface area contributed by atoms with E-state index in [0.29, 0.717) is 25.3 Å². The molecule has 100 valence electrons. The van der Waals surface area contributed by atoms with Crippen molar-refractivity contribution in [3.63, 3.8) is 0 Å². The Hall–Kier alpha value is -2.23. The summed E-state index contributed by atoms with van der Waals surface area (Å²) in [6.07, 6.45) is 0.679. The minimum Gasteiger partial charge on any atom is -0.493 e. The Morgan fingerprint density at radius 2 is 1.58 bits per heavy atom. The third-order valence-corrected chi connectivity index (χ3v) is 2.53. The van der Waals surface area contributed by atoms with Gasteiger partial charge in [-0.25, -0.2) is 4.39 Å². The van der Waals surface area contributed by atoms with E-state index >= 15 is 0 Å². The van der Waals surface area contributed by atoms with Gasteiger partial charge in [0, 0.05) is 12.1 Å². The van der Waals surface area contributed by atoms with Crippen LogP contribution in [0, 0.1) is 5.82 Å². The molecule has 2 rings (SSSR count). The number of para-hydroxylation sites is 1. The summed E-state index contributed by atoms with van der Waals surface area (Å²) in [6, 6.07) is 13.5. The number of nitrogens with two attached hydrogens (primary N) is 1. The molecule has 0 fully saturated rings. The Morgan fingerprint density at radius 1 is 0.895 bits per heavy atom. The molecule has 0 atom stereocenters. The predicted molar refractivity (Wildman–Crippen MR) is 72.9 cm³/mol. The van der Waals surface area contributed by atoms with E-state index in [1.807, 2.05) is 12.1 Å². The summed E-state index contributed by atoms with van der Waals surface area (Å²) in [7, 11) is 0. The number of benzene rings is 2. The first-order chi connectivity index (χ1) is 9.25. The first-order valence-corrected chi connectivity index (χ1v) is 6.11. The Balaban J connectivity index is 1.67. The van der Waals surface area contributed by atoms with Crippen LogP contribution in [-0.2, 0) is 0 Å². The Kier molecular flexibility index (Phi) is 4.61. The lowest BCUT2D eigenvalue weighted by molar-refractivity contribution is 0.241. The predicted octanol–water partition coefficient (Wildman–Crippen LogP) is 3.26. The van der Waals surface area contributed by atoms with Crippen LogP contribution in [0.1, 0.15) is 6.42 Å². The van der Waals surface area contributed by atoms with E-state index in [1.54, 1.807) is 30.3 Å². The molecule has 0 bridgehead atoms. The third kappa shape index (κ3) is 4.17. The Morgan fingerprint density at radius 3 is 2.32 bits per heavy atom. The van der Waals surface area contributed by atoms with Crippen molar-refractivity contribution in [3.05, 3.63) is 54.3 Å². The number of ether oxygens (including phenoxy) is 2. The highest BCUT2D eigenvalue weighted by molar-refractivity contribution is 5.41. The van der Waals surface area contributed by atoms with Crippen LogP contribution in [0.5, 0.6) is 11.5 Å². The molecular formula is C15H16FNO2. The molecule has 0 aliphatic rings.